The average molecular weight is 345 g/mol. The third-order valence-electron chi connectivity index (χ3n) is 3.70. The number of rotatable bonds is 6. The van der Waals surface area contributed by atoms with Crippen LogP contribution in [0, 0.1) is 6.92 Å². The molecule has 0 aliphatic carbocycles. The SMILES string of the molecule is Cc1cc(CNC(=O)[C@@H](C)NC(=O)c2cccs2)ccc1N(C)C. The van der Waals surface area contributed by atoms with Crippen LogP contribution < -0.4 is 15.5 Å². The van der Waals surface area contributed by atoms with Crippen LogP contribution in [0.4, 0.5) is 5.69 Å². The monoisotopic (exact) mass is 345 g/mol. The number of aryl methyl sites for hydroxylation is 1. The molecule has 1 heterocycles. The molecule has 5 nitrogen and oxygen atoms in total. The minimum Gasteiger partial charge on any atom is -0.377 e. The van der Waals surface area contributed by atoms with E-state index in [1.807, 2.05) is 44.6 Å². The lowest BCUT2D eigenvalue weighted by Crippen LogP contribution is -2.44. The van der Waals surface area contributed by atoms with E-state index < -0.39 is 6.04 Å². The lowest BCUT2D eigenvalue weighted by atomic mass is 10.1. The van der Waals surface area contributed by atoms with Crippen LogP contribution in [0.15, 0.2) is 35.7 Å². The van der Waals surface area contributed by atoms with Crippen LogP contribution >= 0.6 is 11.3 Å². The summed E-state index contributed by atoms with van der Waals surface area (Å²) < 4.78 is 0. The number of hydrogen-bond donors (Lipinski definition) is 2. The Balaban J connectivity index is 1.88. The first-order chi connectivity index (χ1) is 11.4. The molecule has 1 aromatic heterocycles. The number of carbonyl (C=O) groups is 2. The Labute approximate surface area is 146 Å². The third kappa shape index (κ3) is 4.58. The van der Waals surface area contributed by atoms with E-state index in [0.29, 0.717) is 11.4 Å². The van der Waals surface area contributed by atoms with E-state index in [1.54, 1.807) is 13.0 Å². The van der Waals surface area contributed by atoms with Crippen LogP contribution in [0.3, 0.4) is 0 Å². The van der Waals surface area contributed by atoms with Crippen molar-refractivity contribution in [2.75, 3.05) is 19.0 Å². The first-order valence-corrected chi connectivity index (χ1v) is 8.65. The molecule has 0 radical (unpaired) electrons. The lowest BCUT2D eigenvalue weighted by Gasteiger charge is -2.17. The van der Waals surface area contributed by atoms with Gasteiger partial charge in [-0.25, -0.2) is 0 Å². The van der Waals surface area contributed by atoms with E-state index in [4.69, 9.17) is 0 Å². The second-order valence-electron chi connectivity index (χ2n) is 5.91. The highest BCUT2D eigenvalue weighted by Crippen LogP contribution is 2.18. The Hall–Kier alpha value is -2.34. The molecule has 6 heteroatoms. The van der Waals surface area contributed by atoms with Gasteiger partial charge in [0, 0.05) is 26.3 Å². The van der Waals surface area contributed by atoms with Gasteiger partial charge in [0.25, 0.3) is 5.91 Å². The van der Waals surface area contributed by atoms with Gasteiger partial charge in [-0.3, -0.25) is 9.59 Å². The molecule has 128 valence electrons. The van der Waals surface area contributed by atoms with E-state index in [-0.39, 0.29) is 11.8 Å². The van der Waals surface area contributed by atoms with Crippen molar-refractivity contribution in [2.24, 2.45) is 0 Å². The zero-order valence-electron chi connectivity index (χ0n) is 14.4. The Bertz CT molecular complexity index is 711. The normalized spacial score (nSPS) is 11.7. The van der Waals surface area contributed by atoms with Crippen molar-refractivity contribution in [1.82, 2.24) is 10.6 Å². The molecule has 2 N–H and O–H groups in total. The second-order valence-corrected chi connectivity index (χ2v) is 6.85. The van der Waals surface area contributed by atoms with Crippen molar-refractivity contribution in [3.63, 3.8) is 0 Å². The van der Waals surface area contributed by atoms with Crippen LogP contribution in [0.1, 0.15) is 27.7 Å². The number of hydrogen-bond acceptors (Lipinski definition) is 4. The molecule has 2 aromatic rings. The Morgan fingerprint density at radius 3 is 2.58 bits per heavy atom. The van der Waals surface area contributed by atoms with Gasteiger partial charge in [0.05, 0.1) is 4.88 Å². The molecule has 24 heavy (non-hydrogen) atoms. The van der Waals surface area contributed by atoms with Gasteiger partial charge in [0.1, 0.15) is 6.04 Å². The Morgan fingerprint density at radius 1 is 1.25 bits per heavy atom. The van der Waals surface area contributed by atoms with Gasteiger partial charge in [-0.1, -0.05) is 18.2 Å². The van der Waals surface area contributed by atoms with Gasteiger partial charge in [0.2, 0.25) is 5.91 Å². The zero-order chi connectivity index (χ0) is 17.7. The molecule has 2 amide bonds. The molecule has 0 saturated carbocycles. The highest BCUT2D eigenvalue weighted by Gasteiger charge is 2.16. The minimum absolute atomic E-state index is 0.200. The molecular weight excluding hydrogens is 322 g/mol. The third-order valence-corrected chi connectivity index (χ3v) is 4.56. The molecule has 1 atom stereocenters. The first-order valence-electron chi connectivity index (χ1n) is 7.77. The predicted molar refractivity (Wildman–Crippen MR) is 98.6 cm³/mol. The summed E-state index contributed by atoms with van der Waals surface area (Å²) in [6.07, 6.45) is 0. The first kappa shape index (κ1) is 18.0. The smallest absolute Gasteiger partial charge is 0.261 e. The van der Waals surface area contributed by atoms with Gasteiger partial charge >= 0.3 is 0 Å². The van der Waals surface area contributed by atoms with Gasteiger partial charge in [-0.15, -0.1) is 11.3 Å². The fourth-order valence-corrected chi connectivity index (χ4v) is 3.04. The minimum atomic E-state index is -0.582. The van der Waals surface area contributed by atoms with E-state index in [2.05, 4.69) is 21.6 Å². The molecule has 0 saturated heterocycles. The van der Waals surface area contributed by atoms with Crippen LogP contribution in [-0.2, 0) is 11.3 Å². The summed E-state index contributed by atoms with van der Waals surface area (Å²) in [6.45, 7) is 4.17. The lowest BCUT2D eigenvalue weighted by molar-refractivity contribution is -0.122. The summed E-state index contributed by atoms with van der Waals surface area (Å²) >= 11 is 1.35. The molecule has 0 unspecified atom stereocenters. The fourth-order valence-electron chi connectivity index (χ4n) is 2.41. The predicted octanol–water partition coefficient (Wildman–Crippen LogP) is 2.56. The Kier molecular flexibility index (Phi) is 5.98. The number of anilines is 1. The zero-order valence-corrected chi connectivity index (χ0v) is 15.2. The van der Waals surface area contributed by atoms with E-state index in [9.17, 15) is 9.59 Å². The largest absolute Gasteiger partial charge is 0.377 e. The summed E-state index contributed by atoms with van der Waals surface area (Å²) in [5.41, 5.74) is 3.34. The van der Waals surface area contributed by atoms with Crippen molar-refractivity contribution in [3.8, 4) is 0 Å². The van der Waals surface area contributed by atoms with Crippen LogP contribution in [0.2, 0.25) is 0 Å². The summed E-state index contributed by atoms with van der Waals surface area (Å²) in [5.74, 6) is -0.423. The van der Waals surface area contributed by atoms with Crippen LogP contribution in [0.5, 0.6) is 0 Å². The molecular formula is C18H23N3O2S. The maximum Gasteiger partial charge on any atom is 0.261 e. The standard InChI is InChI=1S/C18H23N3O2S/c1-12-10-14(7-8-15(12)21(3)4)11-19-17(22)13(2)20-18(23)16-6-5-9-24-16/h5-10,13H,11H2,1-4H3,(H,19,22)(H,20,23)/t13-/m1/s1. The van der Waals surface area contributed by atoms with Crippen LogP contribution in [0.25, 0.3) is 0 Å². The molecule has 0 aliphatic heterocycles. The molecule has 0 bridgehead atoms. The topological polar surface area (TPSA) is 61.4 Å². The van der Waals surface area contributed by atoms with Crippen molar-refractivity contribution < 1.29 is 9.59 Å². The number of carbonyl (C=O) groups excluding carboxylic acids is 2. The molecule has 0 aliphatic rings. The average Bonchev–Trinajstić information content (AvgIpc) is 3.06. The van der Waals surface area contributed by atoms with Crippen molar-refractivity contribution >= 4 is 28.8 Å². The van der Waals surface area contributed by atoms with Crippen molar-refractivity contribution in [1.29, 1.82) is 0 Å². The van der Waals surface area contributed by atoms with E-state index in [1.165, 1.54) is 11.3 Å². The van der Waals surface area contributed by atoms with E-state index >= 15 is 0 Å². The maximum atomic E-state index is 12.2. The molecule has 0 fully saturated rings. The second kappa shape index (κ2) is 7.97. The summed E-state index contributed by atoms with van der Waals surface area (Å²) in [5, 5.41) is 7.40. The fraction of sp³-hybridized carbons (Fsp3) is 0.333. The Morgan fingerprint density at radius 2 is 2.00 bits per heavy atom. The molecule has 0 spiro atoms. The van der Waals surface area contributed by atoms with Crippen LogP contribution in [-0.4, -0.2) is 32.0 Å². The maximum absolute atomic E-state index is 12.2. The van der Waals surface area contributed by atoms with E-state index in [0.717, 1.165) is 16.8 Å². The number of thiophene rings is 1. The summed E-state index contributed by atoms with van der Waals surface area (Å²) in [6, 6.07) is 9.06. The van der Waals surface area contributed by atoms with Gasteiger partial charge in [0.15, 0.2) is 0 Å². The van der Waals surface area contributed by atoms with Crippen molar-refractivity contribution in [3.05, 3.63) is 51.7 Å². The van der Waals surface area contributed by atoms with Gasteiger partial charge in [-0.05, 0) is 42.5 Å². The highest BCUT2D eigenvalue weighted by atomic mass is 32.1. The summed E-state index contributed by atoms with van der Waals surface area (Å²) in [4.78, 5) is 26.8. The van der Waals surface area contributed by atoms with Crippen molar-refractivity contribution in [2.45, 2.75) is 26.4 Å². The number of amides is 2. The molecule has 1 aromatic carbocycles. The number of nitrogens with zero attached hydrogens (tertiary/aromatic N) is 1. The number of nitrogens with one attached hydrogen (secondary N) is 2. The molecule has 2 rings (SSSR count). The summed E-state index contributed by atoms with van der Waals surface area (Å²) in [7, 11) is 4.00. The van der Waals surface area contributed by atoms with Gasteiger partial charge < -0.3 is 15.5 Å². The van der Waals surface area contributed by atoms with Gasteiger partial charge in [-0.2, -0.15) is 0 Å². The quantitative estimate of drug-likeness (QED) is 0.846. The number of benzene rings is 1. The highest BCUT2D eigenvalue weighted by molar-refractivity contribution is 7.12.